The third-order valence-electron chi connectivity index (χ3n) is 4.68. The molecule has 0 amide bonds. The Labute approximate surface area is 179 Å². The molecule has 0 aliphatic carbocycles. The largest absolute Gasteiger partial charge is 0.495 e. The van der Waals surface area contributed by atoms with Crippen molar-refractivity contribution in [2.45, 2.75) is 13.0 Å². The maximum atomic E-state index is 12.9. The van der Waals surface area contributed by atoms with Crippen molar-refractivity contribution in [1.82, 2.24) is 9.97 Å². The van der Waals surface area contributed by atoms with Gasteiger partial charge in [-0.3, -0.25) is 0 Å². The fourth-order valence-corrected chi connectivity index (χ4v) is 3.10. The molecule has 1 N–H and O–H groups in total. The van der Waals surface area contributed by atoms with Gasteiger partial charge in [-0.1, -0.05) is 35.5 Å². The first kappa shape index (κ1) is 20.3. The lowest BCUT2D eigenvalue weighted by Crippen LogP contribution is -2.00. The quantitative estimate of drug-likeness (QED) is 0.313. The average molecular weight is 416 g/mol. The predicted octanol–water partition coefficient (Wildman–Crippen LogP) is 5.27. The van der Waals surface area contributed by atoms with Crippen molar-refractivity contribution in [1.29, 1.82) is 0 Å². The van der Waals surface area contributed by atoms with E-state index in [1.54, 1.807) is 25.5 Å². The summed E-state index contributed by atoms with van der Waals surface area (Å²) in [5.74, 6) is 1.14. The molecular formula is C24H21FN4O2. The zero-order valence-corrected chi connectivity index (χ0v) is 17.0. The lowest BCUT2D eigenvalue weighted by Gasteiger charge is -2.13. The molecule has 31 heavy (non-hydrogen) atoms. The second-order valence-corrected chi connectivity index (χ2v) is 6.79. The number of ether oxygens (including phenoxy) is 1. The molecule has 0 aliphatic heterocycles. The Kier molecular flexibility index (Phi) is 6.32. The molecule has 6 nitrogen and oxygen atoms in total. The molecule has 4 rings (SSSR count). The van der Waals surface area contributed by atoms with E-state index >= 15 is 0 Å². The summed E-state index contributed by atoms with van der Waals surface area (Å²) in [5.41, 5.74) is 3.53. The van der Waals surface area contributed by atoms with Crippen LogP contribution in [0.4, 0.5) is 15.9 Å². The van der Waals surface area contributed by atoms with Crippen LogP contribution in [0, 0.1) is 5.82 Å². The smallest absolute Gasteiger partial charge is 0.142 e. The highest BCUT2D eigenvalue weighted by Gasteiger charge is 2.08. The molecule has 0 saturated carbocycles. The topological polar surface area (TPSA) is 68.6 Å². The molecule has 0 fully saturated rings. The van der Waals surface area contributed by atoms with E-state index in [1.807, 2.05) is 42.5 Å². The third kappa shape index (κ3) is 5.14. The minimum Gasteiger partial charge on any atom is -0.495 e. The van der Waals surface area contributed by atoms with Crippen LogP contribution in [0.5, 0.6) is 5.75 Å². The molecule has 0 radical (unpaired) electrons. The first-order valence-electron chi connectivity index (χ1n) is 9.75. The van der Waals surface area contributed by atoms with Crippen LogP contribution in [0.1, 0.15) is 11.1 Å². The van der Waals surface area contributed by atoms with Crippen molar-refractivity contribution in [3.05, 3.63) is 90.0 Å². The van der Waals surface area contributed by atoms with Gasteiger partial charge in [0.05, 0.1) is 18.3 Å². The maximum absolute atomic E-state index is 12.9. The highest BCUT2D eigenvalue weighted by atomic mass is 19.1. The van der Waals surface area contributed by atoms with Crippen LogP contribution in [-0.4, -0.2) is 23.3 Å². The van der Waals surface area contributed by atoms with E-state index in [2.05, 4.69) is 20.4 Å². The van der Waals surface area contributed by atoms with Gasteiger partial charge in [0.15, 0.2) is 0 Å². The molecule has 0 unspecified atom stereocenters. The summed E-state index contributed by atoms with van der Waals surface area (Å²) in [7, 11) is 1.63. The molecule has 0 spiro atoms. The van der Waals surface area contributed by atoms with E-state index < -0.39 is 0 Å². The third-order valence-corrected chi connectivity index (χ3v) is 4.68. The van der Waals surface area contributed by atoms with Gasteiger partial charge in [0, 0.05) is 18.0 Å². The van der Waals surface area contributed by atoms with Crippen molar-refractivity contribution in [2.75, 3.05) is 12.4 Å². The lowest BCUT2D eigenvalue weighted by atomic mass is 10.1. The zero-order valence-electron chi connectivity index (χ0n) is 17.0. The van der Waals surface area contributed by atoms with Crippen molar-refractivity contribution in [2.24, 2.45) is 5.16 Å². The minimum atomic E-state index is -0.272. The number of rotatable bonds is 8. The summed E-state index contributed by atoms with van der Waals surface area (Å²) in [6.45, 7) is 0.285. The Morgan fingerprint density at radius 3 is 2.65 bits per heavy atom. The Balaban J connectivity index is 1.44. The molecule has 0 saturated heterocycles. The standard InChI is InChI=1S/C24H21FN4O2/c1-30-23-11-8-17(12-13-28-31-15-18-6-9-19(25)10-7-18)14-22(23)29-24-20-4-2-3-5-21(20)26-16-27-24/h2-11,13-14,16H,12,15H2,1H3,(H,26,27,29). The molecule has 156 valence electrons. The summed E-state index contributed by atoms with van der Waals surface area (Å²) >= 11 is 0. The molecular weight excluding hydrogens is 395 g/mol. The molecule has 7 heteroatoms. The van der Waals surface area contributed by atoms with Gasteiger partial charge in [0.2, 0.25) is 0 Å². The number of aromatic nitrogens is 2. The van der Waals surface area contributed by atoms with E-state index in [9.17, 15) is 4.39 Å². The maximum Gasteiger partial charge on any atom is 0.142 e. The van der Waals surface area contributed by atoms with E-state index in [4.69, 9.17) is 9.57 Å². The van der Waals surface area contributed by atoms with Crippen molar-refractivity contribution in [3.8, 4) is 5.75 Å². The number of fused-ring (bicyclic) bond motifs is 1. The van der Waals surface area contributed by atoms with Crippen molar-refractivity contribution in [3.63, 3.8) is 0 Å². The van der Waals surface area contributed by atoms with Crippen molar-refractivity contribution >= 4 is 28.6 Å². The number of oxime groups is 1. The van der Waals surface area contributed by atoms with Crippen LogP contribution >= 0.6 is 0 Å². The summed E-state index contributed by atoms with van der Waals surface area (Å²) < 4.78 is 18.4. The average Bonchev–Trinajstić information content (AvgIpc) is 2.80. The highest BCUT2D eigenvalue weighted by molar-refractivity contribution is 5.91. The zero-order chi connectivity index (χ0) is 21.5. The molecule has 0 bridgehead atoms. The van der Waals surface area contributed by atoms with E-state index in [-0.39, 0.29) is 12.4 Å². The Bertz CT molecular complexity index is 1190. The normalized spacial score (nSPS) is 11.0. The van der Waals surface area contributed by atoms with Crippen molar-refractivity contribution < 1.29 is 14.0 Å². The van der Waals surface area contributed by atoms with E-state index in [0.717, 1.165) is 27.7 Å². The summed E-state index contributed by atoms with van der Waals surface area (Å²) in [6.07, 6.45) is 3.80. The molecule has 1 heterocycles. The van der Waals surface area contributed by atoms with Gasteiger partial charge in [-0.2, -0.15) is 0 Å². The van der Waals surface area contributed by atoms with Gasteiger partial charge in [-0.15, -0.1) is 0 Å². The second-order valence-electron chi connectivity index (χ2n) is 6.79. The first-order chi connectivity index (χ1) is 15.2. The number of benzene rings is 3. The number of methoxy groups -OCH3 is 1. The number of para-hydroxylation sites is 1. The van der Waals surface area contributed by atoms with Gasteiger partial charge < -0.3 is 14.9 Å². The van der Waals surface area contributed by atoms with Crippen LogP contribution in [0.2, 0.25) is 0 Å². The number of halogens is 1. The van der Waals surface area contributed by atoms with Gasteiger partial charge in [0.25, 0.3) is 0 Å². The van der Waals surface area contributed by atoms with Crippen LogP contribution in [0.25, 0.3) is 10.9 Å². The molecule has 0 atom stereocenters. The molecule has 0 aliphatic rings. The SMILES string of the molecule is COc1ccc(CC=NOCc2ccc(F)cc2)cc1Nc1ncnc2ccccc12. The lowest BCUT2D eigenvalue weighted by molar-refractivity contribution is 0.131. The van der Waals surface area contributed by atoms with Gasteiger partial charge in [-0.25, -0.2) is 14.4 Å². The fraction of sp³-hybridized carbons (Fsp3) is 0.125. The molecule has 4 aromatic rings. The number of hydrogen-bond acceptors (Lipinski definition) is 6. The minimum absolute atomic E-state index is 0.272. The summed E-state index contributed by atoms with van der Waals surface area (Å²) in [6, 6.07) is 19.8. The number of nitrogens with one attached hydrogen (secondary N) is 1. The van der Waals surface area contributed by atoms with Crippen LogP contribution in [0.15, 0.2) is 78.2 Å². The van der Waals surface area contributed by atoms with E-state index in [0.29, 0.717) is 18.0 Å². The Morgan fingerprint density at radius 1 is 1.00 bits per heavy atom. The van der Waals surface area contributed by atoms with Crippen LogP contribution < -0.4 is 10.1 Å². The predicted molar refractivity (Wildman–Crippen MR) is 119 cm³/mol. The summed E-state index contributed by atoms with van der Waals surface area (Å²) in [5, 5.41) is 8.27. The molecule has 1 aromatic heterocycles. The number of nitrogens with zero attached hydrogens (tertiary/aromatic N) is 3. The molecule has 3 aromatic carbocycles. The first-order valence-corrected chi connectivity index (χ1v) is 9.75. The Morgan fingerprint density at radius 2 is 1.81 bits per heavy atom. The van der Waals surface area contributed by atoms with Gasteiger partial charge in [0.1, 0.15) is 30.3 Å². The van der Waals surface area contributed by atoms with E-state index in [1.165, 1.54) is 18.5 Å². The highest BCUT2D eigenvalue weighted by Crippen LogP contribution is 2.30. The second kappa shape index (κ2) is 9.67. The van der Waals surface area contributed by atoms with Gasteiger partial charge >= 0.3 is 0 Å². The fourth-order valence-electron chi connectivity index (χ4n) is 3.10. The summed E-state index contributed by atoms with van der Waals surface area (Å²) in [4.78, 5) is 14.0. The van der Waals surface area contributed by atoms with Gasteiger partial charge in [-0.05, 0) is 47.5 Å². The number of hydrogen-bond donors (Lipinski definition) is 1. The number of anilines is 2. The van der Waals surface area contributed by atoms with Crippen LogP contribution in [0.3, 0.4) is 0 Å². The monoisotopic (exact) mass is 416 g/mol. The van der Waals surface area contributed by atoms with Crippen LogP contribution in [-0.2, 0) is 17.9 Å². The Hall–Kier alpha value is -4.00.